The Labute approximate surface area is 209 Å². The van der Waals surface area contributed by atoms with Crippen LogP contribution in [0.3, 0.4) is 0 Å². The average Bonchev–Trinajstić information content (AvgIpc) is 3.38. The number of likely N-dealkylation sites (tertiary alicyclic amines) is 1. The number of anilines is 1. The summed E-state index contributed by atoms with van der Waals surface area (Å²) in [5.74, 6) is 1.23. The third-order valence-electron chi connectivity index (χ3n) is 7.02. The van der Waals surface area contributed by atoms with Crippen LogP contribution in [0.4, 0.5) is 5.95 Å². The van der Waals surface area contributed by atoms with Crippen molar-refractivity contribution in [1.82, 2.24) is 19.8 Å². The number of piperidine rings is 2. The Kier molecular flexibility index (Phi) is 7.34. The molecular formula is C26H33N5O3S. The first-order valence-electron chi connectivity index (χ1n) is 12.5. The first kappa shape index (κ1) is 23.8. The summed E-state index contributed by atoms with van der Waals surface area (Å²) in [5, 5.41) is 5.06. The molecule has 2 aromatic heterocycles. The highest BCUT2D eigenvalue weighted by atomic mass is 32.1. The molecule has 1 N–H and O–H groups in total. The van der Waals surface area contributed by atoms with Crippen molar-refractivity contribution in [3.63, 3.8) is 0 Å². The molecule has 5 rings (SSSR count). The number of fused-ring (bicyclic) bond motifs is 1. The number of thiophene rings is 1. The van der Waals surface area contributed by atoms with E-state index in [1.165, 1.54) is 30.6 Å². The lowest BCUT2D eigenvalue weighted by molar-refractivity contribution is -0.125. The number of nitrogens with zero attached hydrogens (tertiary/aromatic N) is 4. The van der Waals surface area contributed by atoms with Gasteiger partial charge in [0.2, 0.25) is 11.9 Å². The normalized spacial score (nSPS) is 19.1. The Morgan fingerprint density at radius 3 is 2.86 bits per heavy atom. The molecule has 2 aliphatic rings. The van der Waals surface area contributed by atoms with Gasteiger partial charge in [-0.05, 0) is 62.4 Å². The molecule has 186 valence electrons. The largest absolute Gasteiger partial charge is 0.497 e. The van der Waals surface area contributed by atoms with E-state index in [1.807, 2.05) is 35.7 Å². The van der Waals surface area contributed by atoms with E-state index in [2.05, 4.69) is 15.1 Å². The maximum Gasteiger partial charge on any atom is 0.277 e. The zero-order valence-corrected chi connectivity index (χ0v) is 21.1. The fourth-order valence-electron chi connectivity index (χ4n) is 5.13. The van der Waals surface area contributed by atoms with Crippen LogP contribution in [0.25, 0.3) is 15.9 Å². The van der Waals surface area contributed by atoms with Crippen molar-refractivity contribution >= 4 is 33.4 Å². The molecular weight excluding hydrogens is 462 g/mol. The molecule has 2 saturated heterocycles. The Morgan fingerprint density at radius 2 is 2.03 bits per heavy atom. The lowest BCUT2D eigenvalue weighted by Crippen LogP contribution is -2.46. The number of aromatic nitrogens is 2. The van der Waals surface area contributed by atoms with E-state index in [-0.39, 0.29) is 17.4 Å². The van der Waals surface area contributed by atoms with Crippen LogP contribution in [0.5, 0.6) is 5.75 Å². The van der Waals surface area contributed by atoms with Crippen LogP contribution in [-0.2, 0) is 4.79 Å². The molecule has 35 heavy (non-hydrogen) atoms. The van der Waals surface area contributed by atoms with Gasteiger partial charge in [0.05, 0.1) is 24.2 Å². The number of benzene rings is 1. The molecule has 0 saturated carbocycles. The number of hydrogen-bond donors (Lipinski definition) is 1. The Balaban J connectivity index is 1.37. The summed E-state index contributed by atoms with van der Waals surface area (Å²) in [6, 6.07) is 9.35. The minimum Gasteiger partial charge on any atom is -0.497 e. The highest BCUT2D eigenvalue weighted by molar-refractivity contribution is 7.17. The predicted molar refractivity (Wildman–Crippen MR) is 140 cm³/mol. The number of ether oxygens (including phenoxy) is 1. The summed E-state index contributed by atoms with van der Waals surface area (Å²) in [4.78, 5) is 36.0. The lowest BCUT2D eigenvalue weighted by Gasteiger charge is -2.34. The first-order chi connectivity index (χ1) is 17.1. The van der Waals surface area contributed by atoms with E-state index in [0.29, 0.717) is 40.7 Å². The smallest absolute Gasteiger partial charge is 0.277 e. The monoisotopic (exact) mass is 495 g/mol. The fraction of sp³-hybridized carbons (Fsp3) is 0.500. The van der Waals surface area contributed by atoms with Crippen molar-refractivity contribution in [2.75, 3.05) is 51.3 Å². The molecule has 2 fully saturated rings. The second kappa shape index (κ2) is 10.8. The standard InChI is InChI=1S/C26H33N5O3S/c1-34-21-9-5-8-20(17-21)31-25(33)23-22(10-16-35-23)28-26(31)30-14-6-7-19(18-30)24(32)27-11-15-29-12-3-2-4-13-29/h5,8-10,16-17,19H,2-4,6-7,11-15,18H2,1H3,(H,27,32)/t19-/m0/s1. The van der Waals surface area contributed by atoms with Crippen LogP contribution in [0.1, 0.15) is 32.1 Å². The number of carbonyl (C=O) groups excluding carboxylic acids is 1. The molecule has 8 nitrogen and oxygen atoms in total. The molecule has 0 aliphatic carbocycles. The third kappa shape index (κ3) is 5.21. The van der Waals surface area contributed by atoms with Gasteiger partial charge >= 0.3 is 0 Å². The summed E-state index contributed by atoms with van der Waals surface area (Å²) in [6.45, 7) is 5.15. The number of methoxy groups -OCH3 is 1. The van der Waals surface area contributed by atoms with Gasteiger partial charge in [-0.15, -0.1) is 11.3 Å². The van der Waals surface area contributed by atoms with Crippen LogP contribution in [0.15, 0.2) is 40.5 Å². The Hall–Kier alpha value is -2.91. The summed E-state index contributed by atoms with van der Waals surface area (Å²) in [6.07, 6.45) is 5.53. The number of rotatable bonds is 7. The zero-order valence-electron chi connectivity index (χ0n) is 20.2. The summed E-state index contributed by atoms with van der Waals surface area (Å²) in [7, 11) is 1.61. The van der Waals surface area contributed by atoms with Gasteiger partial charge in [0, 0.05) is 32.2 Å². The molecule has 1 aromatic carbocycles. The molecule has 0 spiro atoms. The third-order valence-corrected chi connectivity index (χ3v) is 7.92. The van der Waals surface area contributed by atoms with Gasteiger partial charge in [-0.25, -0.2) is 9.55 Å². The number of amides is 1. The van der Waals surface area contributed by atoms with Crippen molar-refractivity contribution in [1.29, 1.82) is 0 Å². The Morgan fingerprint density at radius 1 is 1.17 bits per heavy atom. The molecule has 4 heterocycles. The van der Waals surface area contributed by atoms with Crippen molar-refractivity contribution in [3.8, 4) is 11.4 Å². The van der Waals surface area contributed by atoms with E-state index in [0.717, 1.165) is 39.0 Å². The second-order valence-corrected chi connectivity index (χ2v) is 10.3. The maximum absolute atomic E-state index is 13.5. The zero-order chi connectivity index (χ0) is 24.2. The van der Waals surface area contributed by atoms with Crippen molar-refractivity contribution in [2.45, 2.75) is 32.1 Å². The predicted octanol–water partition coefficient (Wildman–Crippen LogP) is 3.27. The van der Waals surface area contributed by atoms with Crippen LogP contribution >= 0.6 is 11.3 Å². The number of hydrogen-bond acceptors (Lipinski definition) is 7. The van der Waals surface area contributed by atoms with Crippen molar-refractivity contribution in [3.05, 3.63) is 46.1 Å². The number of nitrogens with one attached hydrogen (secondary N) is 1. The molecule has 1 amide bonds. The average molecular weight is 496 g/mol. The van der Waals surface area contributed by atoms with Crippen LogP contribution in [0.2, 0.25) is 0 Å². The van der Waals surface area contributed by atoms with E-state index in [1.54, 1.807) is 11.7 Å². The summed E-state index contributed by atoms with van der Waals surface area (Å²) >= 11 is 1.40. The van der Waals surface area contributed by atoms with E-state index >= 15 is 0 Å². The van der Waals surface area contributed by atoms with Gasteiger partial charge in [0.15, 0.2) is 0 Å². The van der Waals surface area contributed by atoms with Crippen LogP contribution < -0.4 is 20.5 Å². The van der Waals surface area contributed by atoms with Gasteiger partial charge in [0.1, 0.15) is 10.4 Å². The lowest BCUT2D eigenvalue weighted by atomic mass is 9.97. The molecule has 0 bridgehead atoms. The van der Waals surface area contributed by atoms with Crippen molar-refractivity contribution in [2.24, 2.45) is 5.92 Å². The van der Waals surface area contributed by atoms with Crippen LogP contribution in [0, 0.1) is 5.92 Å². The topological polar surface area (TPSA) is 79.7 Å². The van der Waals surface area contributed by atoms with Crippen molar-refractivity contribution < 1.29 is 9.53 Å². The van der Waals surface area contributed by atoms with Gasteiger partial charge in [-0.3, -0.25) is 9.59 Å². The molecule has 1 atom stereocenters. The van der Waals surface area contributed by atoms with E-state index in [4.69, 9.17) is 9.72 Å². The van der Waals surface area contributed by atoms with Gasteiger partial charge < -0.3 is 19.9 Å². The minimum atomic E-state index is -0.126. The van der Waals surface area contributed by atoms with Gasteiger partial charge in [0.25, 0.3) is 5.56 Å². The minimum absolute atomic E-state index is 0.0959. The molecule has 0 radical (unpaired) electrons. The van der Waals surface area contributed by atoms with E-state index < -0.39 is 0 Å². The van der Waals surface area contributed by atoms with E-state index in [9.17, 15) is 9.59 Å². The maximum atomic E-state index is 13.5. The first-order valence-corrected chi connectivity index (χ1v) is 13.4. The molecule has 3 aromatic rings. The molecule has 2 aliphatic heterocycles. The van der Waals surface area contributed by atoms with Gasteiger partial charge in [-0.2, -0.15) is 0 Å². The summed E-state index contributed by atoms with van der Waals surface area (Å²) < 4.78 is 7.69. The quantitative estimate of drug-likeness (QED) is 0.542. The second-order valence-electron chi connectivity index (χ2n) is 9.37. The van der Waals surface area contributed by atoms with Crippen LogP contribution in [-0.4, -0.2) is 66.7 Å². The fourth-order valence-corrected chi connectivity index (χ4v) is 5.89. The highest BCUT2D eigenvalue weighted by Crippen LogP contribution is 2.27. The SMILES string of the molecule is COc1cccc(-n2c(N3CCC[C@H](C(=O)NCCN4CCCCC4)C3)nc3ccsc3c2=O)c1. The van der Waals surface area contributed by atoms with Gasteiger partial charge in [-0.1, -0.05) is 12.5 Å². The Bertz CT molecular complexity index is 1230. The number of carbonyl (C=O) groups is 1. The molecule has 0 unspecified atom stereocenters. The summed E-state index contributed by atoms with van der Waals surface area (Å²) in [5.41, 5.74) is 1.31. The molecule has 9 heteroatoms. The highest BCUT2D eigenvalue weighted by Gasteiger charge is 2.29.